The van der Waals surface area contributed by atoms with E-state index in [1.807, 2.05) is 66.4 Å². The molecule has 1 saturated heterocycles. The number of anilines is 1. The molecule has 4 aromatic rings. The third kappa shape index (κ3) is 4.81. The van der Waals surface area contributed by atoms with Crippen LogP contribution in [-0.2, 0) is 11.3 Å². The van der Waals surface area contributed by atoms with E-state index in [1.165, 1.54) is 0 Å². The second-order valence-corrected chi connectivity index (χ2v) is 8.92. The standard InChI is InChI=1S/C28H28N4O4.2H2/c1-19-11-12-22-24(15-19)29-26(23-9-5-6-10-25(23)34)30-27(22)32-14-13-31(16-21(32)17-33)28(35)36-18-20-7-3-2-4-8-20;;/h2-12,15,21,33-34H,13-14,16-18H2,1H3;2*1H. The number of piperazine rings is 1. The second kappa shape index (κ2) is 10.2. The number of aliphatic hydroxyl groups is 1. The van der Waals surface area contributed by atoms with Crippen molar-refractivity contribution >= 4 is 22.8 Å². The number of benzene rings is 3. The molecule has 0 saturated carbocycles. The minimum atomic E-state index is -0.407. The summed E-state index contributed by atoms with van der Waals surface area (Å²) in [5.41, 5.74) is 3.26. The van der Waals surface area contributed by atoms with Crippen LogP contribution >= 0.6 is 0 Å². The first kappa shape index (κ1) is 23.6. The molecule has 36 heavy (non-hydrogen) atoms. The predicted octanol–water partition coefficient (Wildman–Crippen LogP) is 4.62. The van der Waals surface area contributed by atoms with Crippen molar-refractivity contribution < 1.29 is 22.6 Å². The van der Waals surface area contributed by atoms with E-state index in [2.05, 4.69) is 0 Å². The molecule has 0 aliphatic carbocycles. The van der Waals surface area contributed by atoms with Crippen molar-refractivity contribution in [3.05, 3.63) is 83.9 Å². The fraction of sp³-hybridized carbons (Fsp3) is 0.250. The molecule has 3 aromatic carbocycles. The van der Waals surface area contributed by atoms with Crippen molar-refractivity contribution in [3.8, 4) is 17.1 Å². The number of para-hydroxylation sites is 1. The third-order valence-corrected chi connectivity index (χ3v) is 6.41. The van der Waals surface area contributed by atoms with Crippen LogP contribution in [0.2, 0.25) is 0 Å². The molecular weight excluding hydrogens is 456 g/mol. The van der Waals surface area contributed by atoms with E-state index in [0.29, 0.717) is 36.8 Å². The summed E-state index contributed by atoms with van der Waals surface area (Å²) in [6.07, 6.45) is -0.407. The highest BCUT2D eigenvalue weighted by Gasteiger charge is 2.32. The maximum Gasteiger partial charge on any atom is 0.410 e. The van der Waals surface area contributed by atoms with Crippen LogP contribution in [0.3, 0.4) is 0 Å². The van der Waals surface area contributed by atoms with Crippen molar-refractivity contribution in [1.82, 2.24) is 14.9 Å². The van der Waals surface area contributed by atoms with Gasteiger partial charge in [-0.25, -0.2) is 14.8 Å². The summed E-state index contributed by atoms with van der Waals surface area (Å²) in [5, 5.41) is 21.5. The number of amides is 1. The Hall–Kier alpha value is -4.17. The second-order valence-electron chi connectivity index (χ2n) is 8.92. The van der Waals surface area contributed by atoms with Crippen LogP contribution in [0.25, 0.3) is 22.3 Å². The largest absolute Gasteiger partial charge is 0.507 e. The van der Waals surface area contributed by atoms with Crippen molar-refractivity contribution in [2.45, 2.75) is 19.6 Å². The molecule has 8 nitrogen and oxygen atoms in total. The average molecular weight is 489 g/mol. The number of phenolic OH excluding ortho intramolecular Hbond substituents is 1. The fourth-order valence-electron chi connectivity index (χ4n) is 4.49. The minimum Gasteiger partial charge on any atom is -0.507 e. The SMILES string of the molecule is Cc1ccc2c(N3CCN(C(=O)OCc4ccccc4)CC3CO)nc(-c3ccccc3O)nc2c1.[HH].[HH]. The van der Waals surface area contributed by atoms with Gasteiger partial charge in [0.15, 0.2) is 5.82 Å². The minimum absolute atomic E-state index is 0. The number of hydrogen-bond acceptors (Lipinski definition) is 7. The molecule has 1 amide bonds. The molecule has 1 atom stereocenters. The summed E-state index contributed by atoms with van der Waals surface area (Å²) in [5.74, 6) is 1.16. The molecule has 1 aliphatic rings. The topological polar surface area (TPSA) is 99.0 Å². The number of phenols is 1. The van der Waals surface area contributed by atoms with E-state index in [1.54, 1.807) is 23.1 Å². The first-order valence-electron chi connectivity index (χ1n) is 11.9. The molecule has 2 heterocycles. The zero-order valence-corrected chi connectivity index (χ0v) is 20.0. The number of ether oxygens (including phenoxy) is 1. The molecule has 8 heteroatoms. The lowest BCUT2D eigenvalue weighted by Gasteiger charge is -2.41. The average Bonchev–Trinajstić information content (AvgIpc) is 2.91. The molecule has 188 valence electrons. The third-order valence-electron chi connectivity index (χ3n) is 6.41. The Morgan fingerprint density at radius 2 is 1.83 bits per heavy atom. The predicted molar refractivity (Wildman–Crippen MR) is 142 cm³/mol. The smallest absolute Gasteiger partial charge is 0.410 e. The number of fused-ring (bicyclic) bond motifs is 1. The maximum absolute atomic E-state index is 12.8. The zero-order valence-electron chi connectivity index (χ0n) is 20.0. The van der Waals surface area contributed by atoms with Gasteiger partial charge in [0.25, 0.3) is 0 Å². The molecule has 2 N–H and O–H groups in total. The lowest BCUT2D eigenvalue weighted by molar-refractivity contribution is 0.0836. The van der Waals surface area contributed by atoms with Crippen LogP contribution in [-0.4, -0.2) is 63.5 Å². The Morgan fingerprint density at radius 1 is 1.06 bits per heavy atom. The Morgan fingerprint density at radius 3 is 2.61 bits per heavy atom. The molecule has 1 aliphatic heterocycles. The van der Waals surface area contributed by atoms with E-state index >= 15 is 0 Å². The van der Waals surface area contributed by atoms with Gasteiger partial charge in [0.2, 0.25) is 0 Å². The number of rotatable bonds is 5. The summed E-state index contributed by atoms with van der Waals surface area (Å²) >= 11 is 0. The number of aromatic nitrogens is 2. The van der Waals surface area contributed by atoms with Gasteiger partial charge in [0, 0.05) is 27.9 Å². The van der Waals surface area contributed by atoms with E-state index < -0.39 is 6.09 Å². The van der Waals surface area contributed by atoms with E-state index in [0.717, 1.165) is 22.0 Å². The Kier molecular flexibility index (Phi) is 6.69. The van der Waals surface area contributed by atoms with Crippen molar-refractivity contribution in [2.75, 3.05) is 31.1 Å². The quantitative estimate of drug-likeness (QED) is 0.423. The number of carbonyl (C=O) groups is 1. The molecule has 1 fully saturated rings. The van der Waals surface area contributed by atoms with Gasteiger partial charge in [-0.15, -0.1) is 0 Å². The van der Waals surface area contributed by atoms with Gasteiger partial charge in [-0.2, -0.15) is 0 Å². The van der Waals surface area contributed by atoms with E-state index in [-0.39, 0.29) is 27.9 Å². The monoisotopic (exact) mass is 488 g/mol. The van der Waals surface area contributed by atoms with Crippen LogP contribution in [0, 0.1) is 6.92 Å². The highest BCUT2D eigenvalue weighted by Crippen LogP contribution is 2.33. The van der Waals surface area contributed by atoms with E-state index in [9.17, 15) is 15.0 Å². The Balaban J connectivity index is 0.00000200. The number of aromatic hydroxyl groups is 1. The van der Waals surface area contributed by atoms with Crippen molar-refractivity contribution in [1.29, 1.82) is 0 Å². The van der Waals surface area contributed by atoms with E-state index in [4.69, 9.17) is 14.7 Å². The molecule has 1 unspecified atom stereocenters. The number of aliphatic hydroxyl groups excluding tert-OH is 1. The summed E-state index contributed by atoms with van der Waals surface area (Å²) in [7, 11) is 0. The summed E-state index contributed by atoms with van der Waals surface area (Å²) in [4.78, 5) is 26.0. The van der Waals surface area contributed by atoms with Crippen LogP contribution in [0.5, 0.6) is 5.75 Å². The summed E-state index contributed by atoms with van der Waals surface area (Å²) in [6.45, 7) is 3.22. The molecule has 1 aromatic heterocycles. The van der Waals surface area contributed by atoms with Gasteiger partial charge >= 0.3 is 6.09 Å². The summed E-state index contributed by atoms with van der Waals surface area (Å²) < 4.78 is 5.51. The van der Waals surface area contributed by atoms with Crippen LogP contribution in [0.1, 0.15) is 14.0 Å². The number of carbonyl (C=O) groups excluding carboxylic acids is 1. The number of hydrogen-bond donors (Lipinski definition) is 2. The Bertz CT molecular complexity index is 1390. The normalized spacial score (nSPS) is 15.8. The molecule has 0 radical (unpaired) electrons. The fourth-order valence-corrected chi connectivity index (χ4v) is 4.49. The highest BCUT2D eigenvalue weighted by molar-refractivity contribution is 5.92. The van der Waals surface area contributed by atoms with Crippen LogP contribution in [0.15, 0.2) is 72.8 Å². The maximum atomic E-state index is 12.8. The van der Waals surface area contributed by atoms with Crippen molar-refractivity contribution in [3.63, 3.8) is 0 Å². The summed E-state index contributed by atoms with van der Waals surface area (Å²) in [6, 6.07) is 22.1. The Labute approximate surface area is 212 Å². The van der Waals surface area contributed by atoms with Gasteiger partial charge in [0.1, 0.15) is 18.2 Å². The molecule has 5 rings (SSSR count). The zero-order chi connectivity index (χ0) is 25.1. The molecule has 0 spiro atoms. The lowest BCUT2D eigenvalue weighted by atomic mass is 10.1. The van der Waals surface area contributed by atoms with Gasteiger partial charge < -0.3 is 24.7 Å². The van der Waals surface area contributed by atoms with Crippen molar-refractivity contribution in [2.24, 2.45) is 0 Å². The molecular formula is C28H32N4O4. The van der Waals surface area contributed by atoms with Crippen LogP contribution in [0.4, 0.5) is 10.6 Å². The lowest BCUT2D eigenvalue weighted by Crippen LogP contribution is -2.56. The first-order chi connectivity index (χ1) is 17.5. The van der Waals surface area contributed by atoms with Gasteiger partial charge in [-0.1, -0.05) is 48.5 Å². The highest BCUT2D eigenvalue weighted by atomic mass is 16.6. The number of aryl methyl sites for hydroxylation is 1. The van der Waals surface area contributed by atoms with Gasteiger partial charge in [-0.3, -0.25) is 0 Å². The van der Waals surface area contributed by atoms with Crippen LogP contribution < -0.4 is 4.90 Å². The first-order valence-corrected chi connectivity index (χ1v) is 11.9. The number of nitrogens with zero attached hydrogens (tertiary/aromatic N) is 4. The van der Waals surface area contributed by atoms with Gasteiger partial charge in [0.05, 0.1) is 23.7 Å². The molecule has 0 bridgehead atoms. The van der Waals surface area contributed by atoms with Gasteiger partial charge in [-0.05, 0) is 42.3 Å².